The number of nitrogens with zero attached hydrogens (tertiary/aromatic N) is 1. The van der Waals surface area contributed by atoms with Gasteiger partial charge in [-0.3, -0.25) is 24.2 Å². The van der Waals surface area contributed by atoms with E-state index < -0.39 is 48.4 Å². The van der Waals surface area contributed by atoms with E-state index in [4.69, 9.17) is 22.3 Å². The van der Waals surface area contributed by atoms with Crippen LogP contribution < -0.4 is 33.2 Å². The number of carboxylic acid groups (broad SMARTS) is 1. The van der Waals surface area contributed by atoms with Crippen molar-refractivity contribution in [1.82, 2.24) is 16.0 Å². The van der Waals surface area contributed by atoms with E-state index in [0.717, 1.165) is 5.56 Å². The summed E-state index contributed by atoms with van der Waals surface area (Å²) >= 11 is 0. The van der Waals surface area contributed by atoms with Crippen LogP contribution in [0, 0.1) is 5.92 Å². The molecular weight excluding hydrogens is 442 g/mol. The van der Waals surface area contributed by atoms with Gasteiger partial charge >= 0.3 is 5.97 Å². The summed E-state index contributed by atoms with van der Waals surface area (Å²) in [5.41, 5.74) is 17.5. The Bertz CT molecular complexity index is 856. The summed E-state index contributed by atoms with van der Waals surface area (Å²) < 4.78 is 0. The maximum Gasteiger partial charge on any atom is 0.322 e. The van der Waals surface area contributed by atoms with Crippen LogP contribution in [0.25, 0.3) is 0 Å². The monoisotopic (exact) mass is 477 g/mol. The molecule has 0 radical (unpaired) electrons. The van der Waals surface area contributed by atoms with E-state index in [1.165, 1.54) is 0 Å². The molecule has 10 N–H and O–H groups in total. The number of amides is 3. The fraction of sp³-hybridized carbons (Fsp3) is 0.500. The van der Waals surface area contributed by atoms with Crippen molar-refractivity contribution in [3.8, 4) is 0 Å². The molecular formula is C22H35N7O5. The molecule has 1 aromatic rings. The second kappa shape index (κ2) is 14.5. The van der Waals surface area contributed by atoms with Gasteiger partial charge in [0.1, 0.15) is 18.6 Å². The van der Waals surface area contributed by atoms with Gasteiger partial charge in [-0.25, -0.2) is 0 Å². The van der Waals surface area contributed by atoms with E-state index in [1.54, 1.807) is 13.8 Å². The van der Waals surface area contributed by atoms with E-state index in [1.807, 2.05) is 30.3 Å². The maximum atomic E-state index is 13.0. The number of carboxylic acids is 1. The number of nitrogens with two attached hydrogens (primary N) is 3. The minimum Gasteiger partial charge on any atom is -0.480 e. The maximum absolute atomic E-state index is 13.0. The molecule has 1 aromatic carbocycles. The predicted molar refractivity (Wildman–Crippen MR) is 127 cm³/mol. The Morgan fingerprint density at radius 2 is 1.65 bits per heavy atom. The van der Waals surface area contributed by atoms with Crippen LogP contribution in [0.5, 0.6) is 0 Å². The zero-order chi connectivity index (χ0) is 25.7. The minimum absolute atomic E-state index is 0.106. The van der Waals surface area contributed by atoms with Gasteiger partial charge in [0, 0.05) is 6.54 Å². The van der Waals surface area contributed by atoms with Crippen LogP contribution >= 0.6 is 0 Å². The van der Waals surface area contributed by atoms with Crippen LogP contribution in [0.1, 0.15) is 32.3 Å². The van der Waals surface area contributed by atoms with E-state index in [-0.39, 0.29) is 24.8 Å². The van der Waals surface area contributed by atoms with Gasteiger partial charge in [-0.15, -0.1) is 0 Å². The molecule has 12 heteroatoms. The van der Waals surface area contributed by atoms with E-state index >= 15 is 0 Å². The lowest BCUT2D eigenvalue weighted by atomic mass is 10.0. The molecule has 0 saturated heterocycles. The number of hydrogen-bond donors (Lipinski definition) is 7. The van der Waals surface area contributed by atoms with E-state index in [0.29, 0.717) is 12.8 Å². The third-order valence-corrected chi connectivity index (χ3v) is 4.87. The average Bonchev–Trinajstić information content (AvgIpc) is 2.77. The summed E-state index contributed by atoms with van der Waals surface area (Å²) in [5.74, 6) is -3.40. The summed E-state index contributed by atoms with van der Waals surface area (Å²) in [6, 6.07) is 6.37. The fourth-order valence-electron chi connectivity index (χ4n) is 3.08. The highest BCUT2D eigenvalue weighted by Gasteiger charge is 2.30. The van der Waals surface area contributed by atoms with Crippen molar-refractivity contribution in [3.63, 3.8) is 0 Å². The SMILES string of the molecule is CC(C)C(NC(=O)C(N)Cc1ccccc1)C(=O)NC(CCCN=C(N)N)C(=O)NCC(=O)O. The van der Waals surface area contributed by atoms with Crippen LogP contribution in [0.2, 0.25) is 0 Å². The zero-order valence-electron chi connectivity index (χ0n) is 19.5. The molecule has 0 aliphatic heterocycles. The number of guanidine groups is 1. The number of benzene rings is 1. The van der Waals surface area contributed by atoms with Gasteiger partial charge in [0.05, 0.1) is 6.04 Å². The Hall–Kier alpha value is -3.67. The third-order valence-electron chi connectivity index (χ3n) is 4.87. The molecule has 0 aliphatic rings. The van der Waals surface area contributed by atoms with Crippen molar-refractivity contribution in [1.29, 1.82) is 0 Å². The third kappa shape index (κ3) is 10.8. The second-order valence-electron chi connectivity index (χ2n) is 8.15. The summed E-state index contributed by atoms with van der Waals surface area (Å²) in [5, 5.41) is 16.3. The number of rotatable bonds is 14. The molecule has 0 saturated carbocycles. The van der Waals surface area contributed by atoms with Gasteiger partial charge in [-0.2, -0.15) is 0 Å². The van der Waals surface area contributed by atoms with Gasteiger partial charge < -0.3 is 38.3 Å². The first-order chi connectivity index (χ1) is 16.0. The molecule has 0 aromatic heterocycles. The molecule has 3 amide bonds. The number of hydrogen-bond acceptors (Lipinski definition) is 6. The lowest BCUT2D eigenvalue weighted by Gasteiger charge is -2.26. The first-order valence-corrected chi connectivity index (χ1v) is 11.0. The van der Waals surface area contributed by atoms with Crippen molar-refractivity contribution in [3.05, 3.63) is 35.9 Å². The highest BCUT2D eigenvalue weighted by molar-refractivity contribution is 5.93. The molecule has 1 rings (SSSR count). The molecule has 3 atom stereocenters. The van der Waals surface area contributed by atoms with E-state index in [2.05, 4.69) is 20.9 Å². The smallest absolute Gasteiger partial charge is 0.322 e. The molecule has 0 fully saturated rings. The fourth-order valence-corrected chi connectivity index (χ4v) is 3.08. The number of carbonyl (C=O) groups is 4. The minimum atomic E-state index is -1.22. The number of aliphatic carboxylic acids is 1. The standard InChI is InChI=1S/C22H35N7O5/c1-13(2)18(29-19(32)15(23)11-14-7-4-3-5-8-14)21(34)28-16(9-6-10-26-22(24)25)20(33)27-12-17(30)31/h3-5,7-8,13,15-16,18H,6,9-12,23H2,1-2H3,(H,27,33)(H,28,34)(H,29,32)(H,30,31)(H4,24,25,26). The second-order valence-corrected chi connectivity index (χ2v) is 8.15. The Labute approximate surface area is 198 Å². The highest BCUT2D eigenvalue weighted by atomic mass is 16.4. The van der Waals surface area contributed by atoms with Crippen molar-refractivity contribution in [2.75, 3.05) is 13.1 Å². The Morgan fingerprint density at radius 3 is 2.21 bits per heavy atom. The highest BCUT2D eigenvalue weighted by Crippen LogP contribution is 2.07. The lowest BCUT2D eigenvalue weighted by molar-refractivity contribution is -0.138. The van der Waals surface area contributed by atoms with Crippen molar-refractivity contribution >= 4 is 29.7 Å². The summed E-state index contributed by atoms with van der Waals surface area (Å²) in [7, 11) is 0. The Kier molecular flexibility index (Phi) is 12.1. The van der Waals surface area contributed by atoms with Crippen LogP contribution in [0.3, 0.4) is 0 Å². The molecule has 0 aliphatic carbocycles. The topological polar surface area (TPSA) is 215 Å². The Morgan fingerprint density at radius 1 is 1.00 bits per heavy atom. The number of nitrogens with one attached hydrogen (secondary N) is 3. The first-order valence-electron chi connectivity index (χ1n) is 11.0. The van der Waals surface area contributed by atoms with Gasteiger partial charge in [0.2, 0.25) is 17.7 Å². The Balaban J connectivity index is 2.83. The number of aliphatic imine (C=N–C) groups is 1. The zero-order valence-corrected chi connectivity index (χ0v) is 19.5. The molecule has 0 bridgehead atoms. The van der Waals surface area contributed by atoms with Crippen molar-refractivity contribution in [2.24, 2.45) is 28.1 Å². The van der Waals surface area contributed by atoms with E-state index in [9.17, 15) is 19.2 Å². The number of carbonyl (C=O) groups excluding carboxylic acids is 3. The summed E-state index contributed by atoms with van der Waals surface area (Å²) in [6.45, 7) is 3.11. The molecule has 3 unspecified atom stereocenters. The van der Waals surface area contributed by atoms with Gasteiger partial charge in [0.15, 0.2) is 5.96 Å². The quantitative estimate of drug-likeness (QED) is 0.0942. The van der Waals surface area contributed by atoms with Gasteiger partial charge in [-0.1, -0.05) is 44.2 Å². The van der Waals surface area contributed by atoms with Crippen LogP contribution in [0.15, 0.2) is 35.3 Å². The predicted octanol–water partition coefficient (Wildman–Crippen LogP) is -1.56. The molecule has 0 spiro atoms. The van der Waals surface area contributed by atoms with Crippen LogP contribution in [-0.2, 0) is 25.6 Å². The molecule has 0 heterocycles. The molecule has 34 heavy (non-hydrogen) atoms. The first kappa shape index (κ1) is 28.4. The van der Waals surface area contributed by atoms with Crippen LogP contribution in [-0.4, -0.2) is 66.0 Å². The largest absolute Gasteiger partial charge is 0.480 e. The normalized spacial score (nSPS) is 13.3. The lowest BCUT2D eigenvalue weighted by Crippen LogP contribution is -2.57. The van der Waals surface area contributed by atoms with Crippen LogP contribution in [0.4, 0.5) is 0 Å². The van der Waals surface area contributed by atoms with Crippen molar-refractivity contribution < 1.29 is 24.3 Å². The van der Waals surface area contributed by atoms with Crippen molar-refractivity contribution in [2.45, 2.75) is 51.2 Å². The molecule has 12 nitrogen and oxygen atoms in total. The average molecular weight is 478 g/mol. The summed E-state index contributed by atoms with van der Waals surface area (Å²) in [6.07, 6.45) is 0.800. The van der Waals surface area contributed by atoms with Gasteiger partial charge in [-0.05, 0) is 30.7 Å². The van der Waals surface area contributed by atoms with Gasteiger partial charge in [0.25, 0.3) is 0 Å². The molecule has 188 valence electrons. The summed E-state index contributed by atoms with van der Waals surface area (Å²) in [4.78, 5) is 52.7.